The number of halogens is 1. The fourth-order valence-corrected chi connectivity index (χ4v) is 2.58. The molecule has 0 unspecified atom stereocenters. The first kappa shape index (κ1) is 13.1. The Morgan fingerprint density at radius 1 is 1.45 bits per heavy atom. The van der Waals surface area contributed by atoms with Crippen LogP contribution < -0.4 is 11.5 Å². The lowest BCUT2D eigenvalue weighted by atomic mass is 9.99. The van der Waals surface area contributed by atoms with Crippen molar-refractivity contribution in [3.05, 3.63) is 17.8 Å². The molecule has 7 nitrogen and oxygen atoms in total. The number of rotatable bonds is 2. The number of fused-ring (bicyclic) bond motifs is 1. The molecule has 0 spiro atoms. The first-order valence-corrected chi connectivity index (χ1v) is 6.34. The maximum absolute atomic E-state index is 14.4. The van der Waals surface area contributed by atoms with Gasteiger partial charge in [-0.05, 0) is 12.1 Å². The standard InChI is InChI=1S/C12H16FN5O2/c1-5-8(4-19)20-10(9(5)13)6-2-3-7-11(14)16-12(15)17-18(6)7/h2-3,5,8-10,19H,4H2,1H3,(H4,14,15,16,17)/t5-,8-,9-,10+/m1/s1. The third kappa shape index (κ3) is 1.80. The maximum atomic E-state index is 14.4. The SMILES string of the molecule is C[C@H]1[C@@H](F)[C@H](c2ccc3c(N)nc(N)nn23)O[C@@H]1CO. The number of anilines is 2. The van der Waals surface area contributed by atoms with E-state index in [1.54, 1.807) is 19.1 Å². The molecule has 0 bridgehead atoms. The minimum Gasteiger partial charge on any atom is -0.394 e. The molecule has 0 saturated carbocycles. The zero-order chi connectivity index (χ0) is 14.4. The molecular formula is C12H16FN5O2. The van der Waals surface area contributed by atoms with Crippen LogP contribution in [0.25, 0.3) is 5.52 Å². The van der Waals surface area contributed by atoms with E-state index in [0.717, 1.165) is 0 Å². The highest BCUT2D eigenvalue weighted by Gasteiger charge is 2.44. The second kappa shape index (κ2) is 4.57. The molecule has 1 aliphatic heterocycles. The topological polar surface area (TPSA) is 112 Å². The third-order valence-electron chi connectivity index (χ3n) is 3.76. The molecule has 1 fully saturated rings. The second-order valence-electron chi connectivity index (χ2n) is 4.99. The Hall–Kier alpha value is -1.93. The number of aliphatic hydroxyl groups is 1. The fourth-order valence-electron chi connectivity index (χ4n) is 2.58. The molecule has 5 N–H and O–H groups in total. The molecule has 108 valence electrons. The Kier molecular flexibility index (Phi) is 2.98. The average molecular weight is 281 g/mol. The monoisotopic (exact) mass is 281 g/mol. The van der Waals surface area contributed by atoms with Gasteiger partial charge in [-0.25, -0.2) is 8.91 Å². The highest BCUT2D eigenvalue weighted by Crippen LogP contribution is 2.39. The van der Waals surface area contributed by atoms with Crippen LogP contribution in [0.2, 0.25) is 0 Å². The number of hydrogen-bond acceptors (Lipinski definition) is 6. The Morgan fingerprint density at radius 2 is 2.20 bits per heavy atom. The van der Waals surface area contributed by atoms with Crippen LogP contribution in [-0.2, 0) is 4.74 Å². The van der Waals surface area contributed by atoms with Crippen molar-refractivity contribution in [1.29, 1.82) is 0 Å². The summed E-state index contributed by atoms with van der Waals surface area (Å²) >= 11 is 0. The van der Waals surface area contributed by atoms with Gasteiger partial charge in [-0.3, -0.25) is 0 Å². The van der Waals surface area contributed by atoms with Gasteiger partial charge >= 0.3 is 0 Å². The van der Waals surface area contributed by atoms with E-state index in [1.807, 2.05) is 0 Å². The fraction of sp³-hybridized carbons (Fsp3) is 0.500. The number of hydrogen-bond donors (Lipinski definition) is 3. The van der Waals surface area contributed by atoms with Crippen LogP contribution in [0.15, 0.2) is 12.1 Å². The van der Waals surface area contributed by atoms with Gasteiger partial charge in [-0.15, -0.1) is 5.10 Å². The number of nitrogens with two attached hydrogens (primary N) is 2. The van der Waals surface area contributed by atoms with Crippen LogP contribution in [0, 0.1) is 5.92 Å². The van der Waals surface area contributed by atoms with Gasteiger partial charge in [0, 0.05) is 5.92 Å². The van der Waals surface area contributed by atoms with E-state index >= 15 is 0 Å². The number of aromatic nitrogens is 3. The second-order valence-corrected chi connectivity index (χ2v) is 4.99. The summed E-state index contributed by atoms with van der Waals surface area (Å²) in [6.07, 6.45) is -2.57. The molecule has 2 aromatic heterocycles. The van der Waals surface area contributed by atoms with Crippen LogP contribution >= 0.6 is 0 Å². The van der Waals surface area contributed by atoms with Gasteiger partial charge in [0.2, 0.25) is 5.95 Å². The molecule has 0 aromatic carbocycles. The van der Waals surface area contributed by atoms with Crippen molar-refractivity contribution in [2.75, 3.05) is 18.1 Å². The summed E-state index contributed by atoms with van der Waals surface area (Å²) in [6, 6.07) is 3.38. The molecule has 1 aliphatic rings. The predicted octanol–water partition coefficient (Wildman–Crippen LogP) is 0.300. The summed E-state index contributed by atoms with van der Waals surface area (Å²) in [5.74, 6) is -0.163. The summed E-state index contributed by atoms with van der Waals surface area (Å²) in [6.45, 7) is 1.49. The van der Waals surface area contributed by atoms with E-state index < -0.39 is 24.3 Å². The van der Waals surface area contributed by atoms with E-state index in [-0.39, 0.29) is 18.4 Å². The molecule has 0 aliphatic carbocycles. The predicted molar refractivity (Wildman–Crippen MR) is 70.6 cm³/mol. The molecule has 0 radical (unpaired) electrons. The van der Waals surface area contributed by atoms with Crippen LogP contribution in [0.1, 0.15) is 18.7 Å². The first-order valence-electron chi connectivity index (χ1n) is 6.34. The van der Waals surface area contributed by atoms with Gasteiger partial charge in [0.15, 0.2) is 5.82 Å². The molecule has 4 atom stereocenters. The lowest BCUT2D eigenvalue weighted by molar-refractivity contribution is -0.00710. The third-order valence-corrected chi connectivity index (χ3v) is 3.76. The van der Waals surface area contributed by atoms with Crippen LogP contribution in [0.4, 0.5) is 16.2 Å². The first-order chi connectivity index (χ1) is 9.52. The quantitative estimate of drug-likeness (QED) is 0.730. The minimum absolute atomic E-state index is 0.00705. The van der Waals surface area contributed by atoms with Gasteiger partial charge in [0.25, 0.3) is 0 Å². The van der Waals surface area contributed by atoms with Gasteiger partial charge < -0.3 is 21.3 Å². The zero-order valence-corrected chi connectivity index (χ0v) is 10.9. The van der Waals surface area contributed by atoms with Crippen molar-refractivity contribution in [3.63, 3.8) is 0 Å². The van der Waals surface area contributed by atoms with Crippen LogP contribution in [0.5, 0.6) is 0 Å². The van der Waals surface area contributed by atoms with E-state index in [0.29, 0.717) is 11.2 Å². The summed E-state index contributed by atoms with van der Waals surface area (Å²) < 4.78 is 21.4. The molecule has 3 heterocycles. The van der Waals surface area contributed by atoms with Gasteiger partial charge in [-0.2, -0.15) is 4.98 Å². The molecular weight excluding hydrogens is 265 g/mol. The number of ether oxygens (including phenoxy) is 1. The van der Waals surface area contributed by atoms with E-state index in [1.165, 1.54) is 4.52 Å². The van der Waals surface area contributed by atoms with Crippen LogP contribution in [-0.4, -0.2) is 38.6 Å². The van der Waals surface area contributed by atoms with Crippen molar-refractivity contribution in [1.82, 2.24) is 14.6 Å². The van der Waals surface area contributed by atoms with Crippen LogP contribution in [0.3, 0.4) is 0 Å². The molecule has 2 aromatic rings. The highest BCUT2D eigenvalue weighted by atomic mass is 19.1. The van der Waals surface area contributed by atoms with Crippen molar-refractivity contribution in [2.24, 2.45) is 5.92 Å². The summed E-state index contributed by atoms with van der Waals surface area (Å²) in [4.78, 5) is 3.86. The minimum atomic E-state index is -1.23. The molecule has 1 saturated heterocycles. The normalized spacial score (nSPS) is 30.1. The zero-order valence-electron chi connectivity index (χ0n) is 10.9. The van der Waals surface area contributed by atoms with E-state index in [9.17, 15) is 9.50 Å². The smallest absolute Gasteiger partial charge is 0.240 e. The van der Waals surface area contributed by atoms with E-state index in [2.05, 4.69) is 10.1 Å². The average Bonchev–Trinajstić information content (AvgIpc) is 2.93. The van der Waals surface area contributed by atoms with Crippen molar-refractivity contribution >= 4 is 17.3 Å². The molecule has 0 amide bonds. The lowest BCUT2D eigenvalue weighted by Crippen LogP contribution is -2.21. The number of nitrogens with zero attached hydrogens (tertiary/aromatic N) is 3. The highest BCUT2D eigenvalue weighted by molar-refractivity contribution is 5.66. The van der Waals surface area contributed by atoms with E-state index in [4.69, 9.17) is 16.2 Å². The summed E-state index contributed by atoms with van der Waals surface area (Å²) in [7, 11) is 0. The summed E-state index contributed by atoms with van der Waals surface area (Å²) in [5, 5.41) is 13.3. The number of aliphatic hydroxyl groups excluding tert-OH is 1. The Balaban J connectivity index is 2.07. The Bertz CT molecular complexity index is 646. The van der Waals surface area contributed by atoms with Gasteiger partial charge in [0.05, 0.1) is 18.4 Å². The Morgan fingerprint density at radius 3 is 2.85 bits per heavy atom. The molecule has 20 heavy (non-hydrogen) atoms. The molecule has 8 heteroatoms. The number of nitrogen functional groups attached to an aromatic ring is 2. The lowest BCUT2D eigenvalue weighted by Gasteiger charge is -2.13. The number of alkyl halides is 1. The van der Waals surface area contributed by atoms with Crippen molar-refractivity contribution in [2.45, 2.75) is 25.3 Å². The van der Waals surface area contributed by atoms with Crippen molar-refractivity contribution < 1.29 is 14.2 Å². The Labute approximate surface area is 114 Å². The van der Waals surface area contributed by atoms with Gasteiger partial charge in [0.1, 0.15) is 17.8 Å². The largest absolute Gasteiger partial charge is 0.394 e. The molecule has 3 rings (SSSR count). The van der Waals surface area contributed by atoms with Gasteiger partial charge in [-0.1, -0.05) is 6.92 Å². The summed E-state index contributed by atoms with van der Waals surface area (Å²) in [5.41, 5.74) is 12.4. The van der Waals surface area contributed by atoms with Crippen molar-refractivity contribution in [3.8, 4) is 0 Å². The maximum Gasteiger partial charge on any atom is 0.240 e.